The van der Waals surface area contributed by atoms with E-state index in [0.717, 1.165) is 28.1 Å². The Kier molecular flexibility index (Phi) is 5.39. The van der Waals surface area contributed by atoms with Gasteiger partial charge in [-0.15, -0.1) is 0 Å². The van der Waals surface area contributed by atoms with Crippen LogP contribution < -0.4 is 5.32 Å². The average molecular weight is 415 g/mol. The zero-order valence-corrected chi connectivity index (χ0v) is 18.3. The number of fused-ring (bicyclic) bond motifs is 1. The monoisotopic (exact) mass is 414 g/mol. The standard InChI is InChI=1S/C25H26N4O2/c1-15-12-18(13-16(2)28-15)7-10-22(30)21-9-8-19(14-27-21)17(3)25(4)20-6-5-11-26-23(20)29-24(25)31/h5-6,8-9,11-14,17H,7,10H2,1-4H3,(H,26,29,31)/t17-,25-/m1/s1. The van der Waals surface area contributed by atoms with Gasteiger partial charge in [0.15, 0.2) is 5.78 Å². The quantitative estimate of drug-likeness (QED) is 0.607. The molecule has 3 aromatic rings. The molecule has 6 nitrogen and oxygen atoms in total. The molecule has 1 N–H and O–H groups in total. The van der Waals surface area contributed by atoms with E-state index in [4.69, 9.17) is 0 Å². The fourth-order valence-corrected chi connectivity index (χ4v) is 4.32. The van der Waals surface area contributed by atoms with Gasteiger partial charge in [-0.3, -0.25) is 19.6 Å². The molecule has 0 aromatic carbocycles. The number of ketones is 1. The molecule has 4 rings (SSSR count). The molecule has 0 unspecified atom stereocenters. The largest absolute Gasteiger partial charge is 0.310 e. The Morgan fingerprint density at radius 3 is 2.55 bits per heavy atom. The number of carbonyl (C=O) groups is 2. The van der Waals surface area contributed by atoms with E-state index in [1.807, 2.05) is 58.0 Å². The minimum atomic E-state index is -0.742. The van der Waals surface area contributed by atoms with Crippen LogP contribution in [0.25, 0.3) is 0 Å². The van der Waals surface area contributed by atoms with Crippen LogP contribution in [0.15, 0.2) is 48.8 Å². The van der Waals surface area contributed by atoms with E-state index < -0.39 is 5.41 Å². The van der Waals surface area contributed by atoms with Crippen molar-refractivity contribution in [2.75, 3.05) is 5.32 Å². The molecule has 1 aliphatic rings. The fraction of sp³-hybridized carbons (Fsp3) is 0.320. The maximum Gasteiger partial charge on any atom is 0.236 e. The molecule has 4 heterocycles. The topological polar surface area (TPSA) is 84.8 Å². The van der Waals surface area contributed by atoms with Crippen molar-refractivity contribution < 1.29 is 9.59 Å². The fourth-order valence-electron chi connectivity index (χ4n) is 4.32. The molecular weight excluding hydrogens is 388 g/mol. The van der Waals surface area contributed by atoms with Crippen LogP contribution in [0.2, 0.25) is 0 Å². The lowest BCUT2D eigenvalue weighted by Gasteiger charge is -2.29. The first-order valence-electron chi connectivity index (χ1n) is 10.5. The van der Waals surface area contributed by atoms with Crippen molar-refractivity contribution >= 4 is 17.5 Å². The maximum absolute atomic E-state index is 12.8. The first-order valence-corrected chi connectivity index (χ1v) is 10.5. The van der Waals surface area contributed by atoms with E-state index in [1.165, 1.54) is 0 Å². The van der Waals surface area contributed by atoms with Gasteiger partial charge in [-0.1, -0.05) is 19.1 Å². The predicted molar refractivity (Wildman–Crippen MR) is 119 cm³/mol. The normalized spacial score (nSPS) is 18.4. The summed E-state index contributed by atoms with van der Waals surface area (Å²) in [7, 11) is 0. The number of nitrogens with one attached hydrogen (secondary N) is 1. The van der Waals surface area contributed by atoms with Crippen molar-refractivity contribution in [2.24, 2.45) is 0 Å². The summed E-state index contributed by atoms with van der Waals surface area (Å²) in [5.41, 5.74) is 4.52. The minimum absolute atomic E-state index is 0.00527. The van der Waals surface area contributed by atoms with E-state index >= 15 is 0 Å². The van der Waals surface area contributed by atoms with Crippen molar-refractivity contribution in [3.63, 3.8) is 0 Å². The van der Waals surface area contributed by atoms with Crippen LogP contribution in [0.5, 0.6) is 0 Å². The Bertz CT molecular complexity index is 1140. The number of aryl methyl sites for hydroxylation is 3. The zero-order valence-electron chi connectivity index (χ0n) is 18.3. The molecular formula is C25H26N4O2. The third kappa shape index (κ3) is 3.85. The van der Waals surface area contributed by atoms with Gasteiger partial charge in [0.05, 0.1) is 5.41 Å². The Morgan fingerprint density at radius 1 is 1.13 bits per heavy atom. The van der Waals surface area contributed by atoms with Crippen molar-refractivity contribution in [1.29, 1.82) is 0 Å². The van der Waals surface area contributed by atoms with E-state index in [-0.39, 0.29) is 17.6 Å². The van der Waals surface area contributed by atoms with Gasteiger partial charge in [0.2, 0.25) is 5.91 Å². The summed E-state index contributed by atoms with van der Waals surface area (Å²) in [6.45, 7) is 7.85. The second kappa shape index (κ2) is 8.02. The lowest BCUT2D eigenvalue weighted by atomic mass is 9.71. The molecule has 1 aliphatic heterocycles. The minimum Gasteiger partial charge on any atom is -0.310 e. The number of anilines is 1. The first kappa shape index (κ1) is 20.8. The third-order valence-electron chi connectivity index (χ3n) is 6.29. The van der Waals surface area contributed by atoms with Crippen LogP contribution >= 0.6 is 0 Å². The van der Waals surface area contributed by atoms with E-state index in [9.17, 15) is 9.59 Å². The van der Waals surface area contributed by atoms with E-state index in [1.54, 1.807) is 18.5 Å². The summed E-state index contributed by atoms with van der Waals surface area (Å²) in [5.74, 6) is 0.419. The molecule has 1 amide bonds. The highest BCUT2D eigenvalue weighted by molar-refractivity contribution is 6.05. The van der Waals surface area contributed by atoms with Crippen LogP contribution in [-0.2, 0) is 16.6 Å². The summed E-state index contributed by atoms with van der Waals surface area (Å²) in [6, 6.07) is 11.5. The SMILES string of the molecule is Cc1cc(CCC(=O)c2ccc([C@@H](C)[C@@]3(C)C(=O)Nc4ncccc43)cn2)cc(C)n1. The van der Waals surface area contributed by atoms with Crippen molar-refractivity contribution in [3.8, 4) is 0 Å². The number of Topliss-reactive ketones (excluding diaryl/α,β-unsaturated/α-hetero) is 1. The molecule has 2 atom stereocenters. The van der Waals surface area contributed by atoms with Gasteiger partial charge < -0.3 is 5.32 Å². The molecule has 31 heavy (non-hydrogen) atoms. The zero-order chi connectivity index (χ0) is 22.2. The Hall–Kier alpha value is -3.41. The molecule has 158 valence electrons. The molecule has 6 heteroatoms. The van der Waals surface area contributed by atoms with E-state index in [0.29, 0.717) is 24.4 Å². The highest BCUT2D eigenvalue weighted by Gasteiger charge is 2.47. The summed E-state index contributed by atoms with van der Waals surface area (Å²) < 4.78 is 0. The molecule has 0 spiro atoms. The van der Waals surface area contributed by atoms with Gasteiger partial charge in [-0.05, 0) is 62.6 Å². The van der Waals surface area contributed by atoms with Crippen LogP contribution in [0.4, 0.5) is 5.82 Å². The highest BCUT2D eigenvalue weighted by Crippen LogP contribution is 2.45. The van der Waals surface area contributed by atoms with Crippen LogP contribution in [0.1, 0.15) is 64.8 Å². The average Bonchev–Trinajstić information content (AvgIpc) is 3.02. The van der Waals surface area contributed by atoms with Gasteiger partial charge in [0.25, 0.3) is 0 Å². The predicted octanol–water partition coefficient (Wildman–Crippen LogP) is 4.32. The van der Waals surface area contributed by atoms with Gasteiger partial charge >= 0.3 is 0 Å². The van der Waals surface area contributed by atoms with Crippen LogP contribution in [0, 0.1) is 13.8 Å². The molecule has 0 saturated carbocycles. The first-order chi connectivity index (χ1) is 14.8. The number of carbonyl (C=O) groups excluding carboxylic acids is 2. The lowest BCUT2D eigenvalue weighted by Crippen LogP contribution is -2.36. The molecule has 3 aromatic heterocycles. The third-order valence-corrected chi connectivity index (χ3v) is 6.29. The molecule has 0 fully saturated rings. The van der Waals surface area contributed by atoms with Crippen LogP contribution in [-0.4, -0.2) is 26.6 Å². The second-order valence-electron chi connectivity index (χ2n) is 8.44. The summed E-state index contributed by atoms with van der Waals surface area (Å²) in [5, 5.41) is 2.88. The number of rotatable bonds is 6. The van der Waals surface area contributed by atoms with Gasteiger partial charge in [-0.2, -0.15) is 0 Å². The Labute approximate surface area is 182 Å². The molecule has 0 saturated heterocycles. The number of hydrogen-bond donors (Lipinski definition) is 1. The molecule has 0 aliphatic carbocycles. The molecule has 0 bridgehead atoms. The number of hydrogen-bond acceptors (Lipinski definition) is 5. The second-order valence-corrected chi connectivity index (χ2v) is 8.44. The Balaban J connectivity index is 1.49. The number of pyridine rings is 3. The number of nitrogens with zero attached hydrogens (tertiary/aromatic N) is 3. The summed E-state index contributed by atoms with van der Waals surface area (Å²) in [6.07, 6.45) is 4.44. The van der Waals surface area contributed by atoms with Gasteiger partial charge in [-0.25, -0.2) is 4.98 Å². The smallest absolute Gasteiger partial charge is 0.236 e. The summed E-state index contributed by atoms with van der Waals surface area (Å²) >= 11 is 0. The van der Waals surface area contributed by atoms with Gasteiger partial charge in [0, 0.05) is 41.7 Å². The van der Waals surface area contributed by atoms with Crippen molar-refractivity contribution in [1.82, 2.24) is 15.0 Å². The number of amides is 1. The van der Waals surface area contributed by atoms with Gasteiger partial charge in [0.1, 0.15) is 11.5 Å². The van der Waals surface area contributed by atoms with Crippen molar-refractivity contribution in [3.05, 3.63) is 82.6 Å². The number of aromatic nitrogens is 3. The Morgan fingerprint density at radius 2 is 1.87 bits per heavy atom. The van der Waals surface area contributed by atoms with E-state index in [2.05, 4.69) is 20.3 Å². The highest BCUT2D eigenvalue weighted by atomic mass is 16.2. The lowest BCUT2D eigenvalue weighted by molar-refractivity contribution is -0.120. The maximum atomic E-state index is 12.8. The van der Waals surface area contributed by atoms with Crippen LogP contribution in [0.3, 0.4) is 0 Å². The summed E-state index contributed by atoms with van der Waals surface area (Å²) in [4.78, 5) is 38.5. The molecule has 0 radical (unpaired) electrons. The van der Waals surface area contributed by atoms with Crippen molar-refractivity contribution in [2.45, 2.75) is 51.9 Å².